The van der Waals surface area contributed by atoms with Crippen molar-refractivity contribution >= 4 is 5.91 Å². The van der Waals surface area contributed by atoms with E-state index in [0.29, 0.717) is 6.54 Å². The smallest absolute Gasteiger partial charge is 0.239 e. The number of primary amides is 1. The van der Waals surface area contributed by atoms with Crippen molar-refractivity contribution in [2.24, 2.45) is 5.73 Å². The summed E-state index contributed by atoms with van der Waals surface area (Å²) >= 11 is 0. The summed E-state index contributed by atoms with van der Waals surface area (Å²) in [6.45, 7) is 1.44. The summed E-state index contributed by atoms with van der Waals surface area (Å²) in [5.41, 5.74) is 6.29. The van der Waals surface area contributed by atoms with Crippen LogP contribution >= 0.6 is 0 Å². The molecule has 0 radical (unpaired) electrons. The summed E-state index contributed by atoms with van der Waals surface area (Å²) in [7, 11) is 1.61. The molecule has 1 amide bonds. The topological polar surface area (TPSA) is 73.6 Å². The molecule has 0 aromatic heterocycles. The number of methoxy groups -OCH3 is 1. The molecular weight excluding hydrogens is 244 g/mol. The molecule has 1 heterocycles. The van der Waals surface area contributed by atoms with Gasteiger partial charge in [0.1, 0.15) is 11.8 Å². The largest absolute Gasteiger partial charge is 0.497 e. The Hall–Kier alpha value is -1.59. The molecule has 104 valence electrons. The Morgan fingerprint density at radius 3 is 2.79 bits per heavy atom. The molecule has 5 heteroatoms. The minimum atomic E-state index is -0.491. The van der Waals surface area contributed by atoms with Crippen LogP contribution in [0.5, 0.6) is 5.75 Å². The molecule has 19 heavy (non-hydrogen) atoms. The van der Waals surface area contributed by atoms with Gasteiger partial charge >= 0.3 is 0 Å². The highest BCUT2D eigenvalue weighted by Crippen LogP contribution is 2.18. The Kier molecular flexibility index (Phi) is 4.76. The van der Waals surface area contributed by atoms with Gasteiger partial charge in [0.05, 0.1) is 13.2 Å². The van der Waals surface area contributed by atoms with Crippen LogP contribution in [-0.4, -0.2) is 32.3 Å². The average molecular weight is 264 g/mol. The molecule has 1 fully saturated rings. The molecule has 0 saturated carbocycles. The van der Waals surface area contributed by atoms with E-state index in [-0.39, 0.29) is 12.0 Å². The zero-order chi connectivity index (χ0) is 13.7. The second-order valence-electron chi connectivity index (χ2n) is 4.65. The van der Waals surface area contributed by atoms with Gasteiger partial charge in [-0.2, -0.15) is 0 Å². The molecule has 2 atom stereocenters. The maximum absolute atomic E-state index is 11.5. The van der Waals surface area contributed by atoms with Gasteiger partial charge in [-0.05, 0) is 30.5 Å². The van der Waals surface area contributed by atoms with Crippen molar-refractivity contribution < 1.29 is 14.3 Å². The van der Waals surface area contributed by atoms with Crippen LogP contribution in [0.2, 0.25) is 0 Å². The first kappa shape index (κ1) is 13.8. The number of nitrogens with one attached hydrogen (secondary N) is 1. The molecule has 0 spiro atoms. The van der Waals surface area contributed by atoms with Gasteiger partial charge in [-0.15, -0.1) is 0 Å². The van der Waals surface area contributed by atoms with Gasteiger partial charge in [0.2, 0.25) is 5.91 Å². The Labute approximate surface area is 113 Å². The SMILES string of the molecule is COc1ccc(C(NCC2CCCO2)C(N)=O)cc1. The third-order valence-corrected chi connectivity index (χ3v) is 3.31. The Morgan fingerprint density at radius 1 is 1.53 bits per heavy atom. The van der Waals surface area contributed by atoms with Crippen molar-refractivity contribution in [2.45, 2.75) is 25.0 Å². The highest BCUT2D eigenvalue weighted by molar-refractivity contribution is 5.81. The lowest BCUT2D eigenvalue weighted by atomic mass is 10.1. The number of nitrogens with two attached hydrogens (primary N) is 1. The zero-order valence-electron chi connectivity index (χ0n) is 11.1. The monoisotopic (exact) mass is 264 g/mol. The van der Waals surface area contributed by atoms with Crippen LogP contribution in [-0.2, 0) is 9.53 Å². The fourth-order valence-electron chi connectivity index (χ4n) is 2.23. The average Bonchev–Trinajstić information content (AvgIpc) is 2.92. The maximum atomic E-state index is 11.5. The van der Waals surface area contributed by atoms with E-state index in [1.54, 1.807) is 7.11 Å². The van der Waals surface area contributed by atoms with E-state index in [2.05, 4.69) is 5.32 Å². The van der Waals surface area contributed by atoms with Crippen molar-refractivity contribution in [1.82, 2.24) is 5.32 Å². The van der Waals surface area contributed by atoms with Crippen LogP contribution < -0.4 is 15.8 Å². The molecular formula is C14H20N2O3. The van der Waals surface area contributed by atoms with Crippen LogP contribution in [0, 0.1) is 0 Å². The van der Waals surface area contributed by atoms with Gasteiger partial charge in [0, 0.05) is 13.2 Å². The van der Waals surface area contributed by atoms with E-state index in [4.69, 9.17) is 15.2 Å². The van der Waals surface area contributed by atoms with E-state index in [1.807, 2.05) is 24.3 Å². The van der Waals surface area contributed by atoms with Gasteiger partial charge < -0.3 is 15.2 Å². The minimum absolute atomic E-state index is 0.181. The van der Waals surface area contributed by atoms with Gasteiger partial charge in [-0.1, -0.05) is 12.1 Å². The molecule has 5 nitrogen and oxygen atoms in total. The first-order chi connectivity index (χ1) is 9.20. The van der Waals surface area contributed by atoms with E-state index in [0.717, 1.165) is 30.8 Å². The van der Waals surface area contributed by atoms with Crippen LogP contribution in [0.3, 0.4) is 0 Å². The Balaban J connectivity index is 1.99. The summed E-state index contributed by atoms with van der Waals surface area (Å²) in [5.74, 6) is 0.370. The third kappa shape index (κ3) is 3.68. The number of benzene rings is 1. The summed E-state index contributed by atoms with van der Waals surface area (Å²) in [5, 5.41) is 3.17. The zero-order valence-corrected chi connectivity index (χ0v) is 11.1. The molecule has 1 aliphatic rings. The van der Waals surface area contributed by atoms with Crippen molar-refractivity contribution in [1.29, 1.82) is 0 Å². The number of ether oxygens (including phenoxy) is 2. The summed E-state index contributed by atoms with van der Waals surface area (Å²) in [6, 6.07) is 6.83. The molecule has 0 bridgehead atoms. The van der Waals surface area contributed by atoms with Crippen molar-refractivity contribution in [2.75, 3.05) is 20.3 Å². The van der Waals surface area contributed by atoms with Crippen molar-refractivity contribution in [3.63, 3.8) is 0 Å². The van der Waals surface area contributed by atoms with Gasteiger partial charge in [-0.3, -0.25) is 10.1 Å². The highest BCUT2D eigenvalue weighted by atomic mass is 16.5. The molecule has 1 aromatic carbocycles. The number of hydrogen-bond donors (Lipinski definition) is 2. The van der Waals surface area contributed by atoms with Crippen LogP contribution in [0.25, 0.3) is 0 Å². The lowest BCUT2D eigenvalue weighted by molar-refractivity contribution is -0.120. The predicted octanol–water partition coefficient (Wildman–Crippen LogP) is 0.990. The Bertz CT molecular complexity index is 413. The molecule has 2 rings (SSSR count). The summed E-state index contributed by atoms with van der Waals surface area (Å²) < 4.78 is 10.6. The third-order valence-electron chi connectivity index (χ3n) is 3.31. The number of carbonyl (C=O) groups is 1. The number of rotatable bonds is 6. The second-order valence-corrected chi connectivity index (χ2v) is 4.65. The summed E-state index contributed by atoms with van der Waals surface area (Å²) in [6.07, 6.45) is 2.29. The molecule has 1 aliphatic heterocycles. The van der Waals surface area contributed by atoms with E-state index in [9.17, 15) is 4.79 Å². The van der Waals surface area contributed by atoms with E-state index >= 15 is 0 Å². The quantitative estimate of drug-likeness (QED) is 0.803. The van der Waals surface area contributed by atoms with E-state index in [1.165, 1.54) is 0 Å². The molecule has 2 unspecified atom stereocenters. The molecule has 1 aromatic rings. The first-order valence-electron chi connectivity index (χ1n) is 6.49. The van der Waals surface area contributed by atoms with Gasteiger partial charge in [0.15, 0.2) is 0 Å². The predicted molar refractivity (Wildman–Crippen MR) is 71.9 cm³/mol. The van der Waals surface area contributed by atoms with Gasteiger partial charge in [-0.25, -0.2) is 0 Å². The standard InChI is InChI=1S/C14H20N2O3/c1-18-11-6-4-10(5-7-11)13(14(15)17)16-9-12-3-2-8-19-12/h4-7,12-13,16H,2-3,8-9H2,1H3,(H2,15,17). The van der Waals surface area contributed by atoms with Crippen LogP contribution in [0.15, 0.2) is 24.3 Å². The lowest BCUT2D eigenvalue weighted by Crippen LogP contribution is -2.37. The highest BCUT2D eigenvalue weighted by Gasteiger charge is 2.21. The molecule has 1 saturated heterocycles. The van der Waals surface area contributed by atoms with Crippen LogP contribution in [0.4, 0.5) is 0 Å². The molecule has 0 aliphatic carbocycles. The van der Waals surface area contributed by atoms with Crippen molar-refractivity contribution in [3.8, 4) is 5.75 Å². The van der Waals surface area contributed by atoms with Crippen molar-refractivity contribution in [3.05, 3.63) is 29.8 Å². The number of hydrogen-bond acceptors (Lipinski definition) is 4. The summed E-state index contributed by atoms with van der Waals surface area (Å²) in [4.78, 5) is 11.5. The Morgan fingerprint density at radius 2 is 2.26 bits per heavy atom. The fourth-order valence-corrected chi connectivity index (χ4v) is 2.23. The van der Waals surface area contributed by atoms with E-state index < -0.39 is 6.04 Å². The first-order valence-corrected chi connectivity index (χ1v) is 6.49. The van der Waals surface area contributed by atoms with Crippen LogP contribution in [0.1, 0.15) is 24.4 Å². The lowest BCUT2D eigenvalue weighted by Gasteiger charge is -2.18. The minimum Gasteiger partial charge on any atom is -0.497 e. The second kappa shape index (κ2) is 6.54. The number of amides is 1. The normalized spacial score (nSPS) is 20.2. The maximum Gasteiger partial charge on any atom is 0.239 e. The van der Waals surface area contributed by atoms with Gasteiger partial charge in [0.25, 0.3) is 0 Å². The fraction of sp³-hybridized carbons (Fsp3) is 0.500. The number of carbonyl (C=O) groups excluding carboxylic acids is 1. The molecule has 3 N–H and O–H groups in total.